The Hall–Kier alpha value is -3.59. The number of anilines is 1. The van der Waals surface area contributed by atoms with Gasteiger partial charge < -0.3 is 5.32 Å². The highest BCUT2D eigenvalue weighted by molar-refractivity contribution is 7.71. The molecule has 8 nitrogen and oxygen atoms in total. The van der Waals surface area contributed by atoms with Crippen LogP contribution in [0.4, 0.5) is 5.69 Å². The largest absolute Gasteiger partial charge is 0.323 e. The lowest BCUT2D eigenvalue weighted by Crippen LogP contribution is -2.17. The smallest absolute Gasteiger partial charge is 0.226 e. The number of aromatic nitrogens is 6. The zero-order valence-electron chi connectivity index (χ0n) is 15.7. The first kappa shape index (κ1) is 18.8. The zero-order chi connectivity index (χ0) is 20.2. The standard InChI is InChI=1S/C20H19N7OS/c1-14-5-7-15(8-6-14)18-24-25-20(29)26(18)13-9-17(28)23-16-4-2-10-21-19(16)27-12-3-11-22-27/h2-8,10-12H,9,13H2,1H3,(H,23,28)(H,25,29). The summed E-state index contributed by atoms with van der Waals surface area (Å²) in [5.74, 6) is 1.12. The Labute approximate surface area is 172 Å². The third-order valence-corrected chi connectivity index (χ3v) is 4.72. The van der Waals surface area contributed by atoms with Gasteiger partial charge in [0, 0.05) is 37.1 Å². The molecule has 3 aromatic heterocycles. The van der Waals surface area contributed by atoms with E-state index in [0.717, 1.165) is 5.56 Å². The molecule has 3 heterocycles. The highest BCUT2D eigenvalue weighted by Gasteiger charge is 2.13. The predicted octanol–water partition coefficient (Wildman–Crippen LogP) is 3.53. The van der Waals surface area contributed by atoms with Gasteiger partial charge in [0.25, 0.3) is 0 Å². The number of amides is 1. The molecule has 1 amide bonds. The van der Waals surface area contributed by atoms with E-state index in [9.17, 15) is 4.79 Å². The van der Waals surface area contributed by atoms with Crippen molar-refractivity contribution in [2.75, 3.05) is 5.32 Å². The molecule has 0 unspecified atom stereocenters. The number of pyridine rings is 1. The van der Waals surface area contributed by atoms with Gasteiger partial charge in [0.2, 0.25) is 5.91 Å². The van der Waals surface area contributed by atoms with Crippen molar-refractivity contribution >= 4 is 23.8 Å². The second kappa shape index (κ2) is 8.19. The Bertz CT molecular complexity index is 1180. The fourth-order valence-corrected chi connectivity index (χ4v) is 3.17. The van der Waals surface area contributed by atoms with Crippen molar-refractivity contribution in [2.45, 2.75) is 19.9 Å². The number of carbonyl (C=O) groups is 1. The van der Waals surface area contributed by atoms with Crippen LogP contribution >= 0.6 is 12.2 Å². The van der Waals surface area contributed by atoms with Crippen LogP contribution in [0.25, 0.3) is 17.2 Å². The summed E-state index contributed by atoms with van der Waals surface area (Å²) in [4.78, 5) is 16.9. The molecule has 0 saturated heterocycles. The molecule has 0 atom stereocenters. The fourth-order valence-electron chi connectivity index (χ4n) is 2.95. The lowest BCUT2D eigenvalue weighted by molar-refractivity contribution is -0.116. The van der Waals surface area contributed by atoms with Gasteiger partial charge in [-0.3, -0.25) is 14.5 Å². The van der Waals surface area contributed by atoms with Gasteiger partial charge in [-0.1, -0.05) is 29.8 Å². The summed E-state index contributed by atoms with van der Waals surface area (Å²) in [6.07, 6.45) is 5.33. The molecule has 0 saturated carbocycles. The maximum atomic E-state index is 12.6. The summed E-state index contributed by atoms with van der Waals surface area (Å²) in [6.45, 7) is 2.43. The summed E-state index contributed by atoms with van der Waals surface area (Å²) in [5.41, 5.74) is 2.70. The van der Waals surface area contributed by atoms with Crippen molar-refractivity contribution in [3.8, 4) is 17.2 Å². The monoisotopic (exact) mass is 405 g/mol. The summed E-state index contributed by atoms with van der Waals surface area (Å²) in [6, 6.07) is 13.4. The molecule has 2 N–H and O–H groups in total. The third-order valence-electron chi connectivity index (χ3n) is 4.41. The van der Waals surface area contributed by atoms with Crippen LogP contribution in [0.1, 0.15) is 12.0 Å². The van der Waals surface area contributed by atoms with Gasteiger partial charge in [-0.25, -0.2) is 9.67 Å². The number of hydrogen-bond donors (Lipinski definition) is 2. The second-order valence-electron chi connectivity index (χ2n) is 6.49. The van der Waals surface area contributed by atoms with Crippen molar-refractivity contribution in [3.05, 3.63) is 71.4 Å². The van der Waals surface area contributed by atoms with Crippen molar-refractivity contribution in [3.63, 3.8) is 0 Å². The van der Waals surface area contributed by atoms with E-state index in [1.807, 2.05) is 35.8 Å². The quantitative estimate of drug-likeness (QED) is 0.479. The van der Waals surface area contributed by atoms with Crippen LogP contribution in [0.5, 0.6) is 0 Å². The first-order valence-corrected chi connectivity index (χ1v) is 9.50. The normalized spacial score (nSPS) is 10.8. The minimum atomic E-state index is -0.149. The van der Waals surface area contributed by atoms with Gasteiger partial charge in [0.15, 0.2) is 16.4 Å². The third kappa shape index (κ3) is 4.14. The molecule has 146 valence electrons. The maximum Gasteiger partial charge on any atom is 0.226 e. The molecule has 0 radical (unpaired) electrons. The molecular weight excluding hydrogens is 386 g/mol. The number of aryl methyl sites for hydroxylation is 1. The summed E-state index contributed by atoms with van der Waals surface area (Å²) in [7, 11) is 0. The molecule has 1 aromatic carbocycles. The van der Waals surface area contributed by atoms with Crippen LogP contribution in [0.15, 0.2) is 61.1 Å². The zero-order valence-corrected chi connectivity index (χ0v) is 16.6. The minimum Gasteiger partial charge on any atom is -0.323 e. The predicted molar refractivity (Wildman–Crippen MR) is 112 cm³/mol. The van der Waals surface area contributed by atoms with Gasteiger partial charge in [0.1, 0.15) is 0 Å². The molecule has 0 fully saturated rings. The Morgan fingerprint density at radius 2 is 2.00 bits per heavy atom. The fraction of sp³-hybridized carbons (Fsp3) is 0.150. The van der Waals surface area contributed by atoms with Crippen molar-refractivity contribution in [1.82, 2.24) is 29.5 Å². The Kier molecular flexibility index (Phi) is 5.30. The van der Waals surface area contributed by atoms with Crippen molar-refractivity contribution in [1.29, 1.82) is 0 Å². The van der Waals surface area contributed by atoms with Crippen LogP contribution in [0.3, 0.4) is 0 Å². The maximum absolute atomic E-state index is 12.6. The highest BCUT2D eigenvalue weighted by atomic mass is 32.1. The number of hydrogen-bond acceptors (Lipinski definition) is 5. The lowest BCUT2D eigenvalue weighted by Gasteiger charge is -2.11. The topological polar surface area (TPSA) is 93.4 Å². The lowest BCUT2D eigenvalue weighted by atomic mass is 10.1. The number of rotatable bonds is 6. The highest BCUT2D eigenvalue weighted by Crippen LogP contribution is 2.19. The number of aromatic amines is 1. The van der Waals surface area contributed by atoms with Crippen LogP contribution in [-0.4, -0.2) is 35.4 Å². The average molecular weight is 405 g/mol. The minimum absolute atomic E-state index is 0.149. The second-order valence-corrected chi connectivity index (χ2v) is 6.88. The molecule has 4 rings (SSSR count). The Balaban J connectivity index is 1.49. The average Bonchev–Trinajstić information content (AvgIpc) is 3.38. The molecule has 0 aliphatic carbocycles. The Morgan fingerprint density at radius 3 is 2.76 bits per heavy atom. The van der Waals surface area contributed by atoms with E-state index >= 15 is 0 Å². The number of carbonyl (C=O) groups excluding carboxylic acids is 1. The molecular formula is C20H19N7OS. The van der Waals surface area contributed by atoms with E-state index < -0.39 is 0 Å². The first-order valence-electron chi connectivity index (χ1n) is 9.09. The van der Waals surface area contributed by atoms with Crippen LogP contribution < -0.4 is 5.32 Å². The molecule has 0 bridgehead atoms. The Morgan fingerprint density at radius 1 is 1.17 bits per heavy atom. The molecule has 29 heavy (non-hydrogen) atoms. The van der Waals surface area contributed by atoms with Gasteiger partial charge in [0.05, 0.1) is 5.69 Å². The summed E-state index contributed by atoms with van der Waals surface area (Å²) >= 11 is 5.35. The number of H-pyrrole nitrogens is 1. The van der Waals surface area contributed by atoms with Gasteiger partial charge in [-0.15, -0.1) is 0 Å². The summed E-state index contributed by atoms with van der Waals surface area (Å²) in [5, 5.41) is 14.2. The van der Waals surface area contributed by atoms with Crippen LogP contribution in [-0.2, 0) is 11.3 Å². The van der Waals surface area contributed by atoms with E-state index in [-0.39, 0.29) is 12.3 Å². The first-order chi connectivity index (χ1) is 14.1. The van der Waals surface area contributed by atoms with Crippen molar-refractivity contribution in [2.24, 2.45) is 0 Å². The molecule has 0 aliphatic rings. The molecule has 9 heteroatoms. The molecule has 0 aliphatic heterocycles. The van der Waals surface area contributed by atoms with Gasteiger partial charge in [-0.05, 0) is 37.3 Å². The van der Waals surface area contributed by atoms with Gasteiger partial charge >= 0.3 is 0 Å². The van der Waals surface area contributed by atoms with Gasteiger partial charge in [-0.2, -0.15) is 10.2 Å². The number of nitrogens with zero attached hydrogens (tertiary/aromatic N) is 5. The number of benzene rings is 1. The van der Waals surface area contributed by atoms with Crippen LogP contribution in [0, 0.1) is 11.7 Å². The van der Waals surface area contributed by atoms with E-state index in [1.54, 1.807) is 41.5 Å². The number of nitrogens with one attached hydrogen (secondary N) is 2. The van der Waals surface area contributed by atoms with Crippen LogP contribution in [0.2, 0.25) is 0 Å². The SMILES string of the molecule is Cc1ccc(-c2n[nH]c(=S)n2CCC(=O)Nc2cccnc2-n2cccn2)cc1. The van der Waals surface area contributed by atoms with E-state index in [0.29, 0.717) is 28.6 Å². The van der Waals surface area contributed by atoms with E-state index in [1.165, 1.54) is 5.56 Å². The van der Waals surface area contributed by atoms with Crippen molar-refractivity contribution < 1.29 is 4.79 Å². The molecule has 0 spiro atoms. The van der Waals surface area contributed by atoms with E-state index in [4.69, 9.17) is 12.2 Å². The van der Waals surface area contributed by atoms with E-state index in [2.05, 4.69) is 25.6 Å². The molecule has 4 aromatic rings. The summed E-state index contributed by atoms with van der Waals surface area (Å²) < 4.78 is 3.92.